The summed E-state index contributed by atoms with van der Waals surface area (Å²) in [4.78, 5) is 11.7. The molecule has 0 bridgehead atoms. The first-order valence-corrected chi connectivity index (χ1v) is 5.37. The van der Waals surface area contributed by atoms with Gasteiger partial charge < -0.3 is 5.73 Å². The van der Waals surface area contributed by atoms with Crippen LogP contribution < -0.4 is 11.2 Å². The van der Waals surface area contributed by atoms with Crippen molar-refractivity contribution < 1.29 is 4.79 Å². The lowest BCUT2D eigenvalue weighted by Gasteiger charge is -2.40. The van der Waals surface area contributed by atoms with Gasteiger partial charge in [-0.25, -0.2) is 0 Å². The standard InChI is InChI=1S/C11H17N3O/c12-9-11(4-3-5-11)8-10(15)13-14-6-1-2-7-14/h1-2,6-7H,3-5,8-9,12H2,(H,13,15). The minimum atomic E-state index is 0.0522. The molecule has 4 nitrogen and oxygen atoms in total. The highest BCUT2D eigenvalue weighted by Crippen LogP contribution is 2.42. The van der Waals surface area contributed by atoms with E-state index in [2.05, 4.69) is 5.43 Å². The molecule has 1 aliphatic carbocycles. The van der Waals surface area contributed by atoms with Gasteiger partial charge in [0.2, 0.25) is 5.91 Å². The third-order valence-electron chi connectivity index (χ3n) is 3.24. The molecule has 1 amide bonds. The van der Waals surface area contributed by atoms with Crippen molar-refractivity contribution in [3.05, 3.63) is 24.5 Å². The van der Waals surface area contributed by atoms with E-state index in [9.17, 15) is 4.79 Å². The van der Waals surface area contributed by atoms with Crippen LogP contribution in [-0.2, 0) is 4.79 Å². The molecule has 1 aromatic heterocycles. The highest BCUT2D eigenvalue weighted by atomic mass is 16.2. The van der Waals surface area contributed by atoms with E-state index < -0.39 is 0 Å². The number of amides is 1. The Kier molecular flexibility index (Phi) is 2.77. The van der Waals surface area contributed by atoms with Gasteiger partial charge in [-0.1, -0.05) is 6.42 Å². The molecule has 1 aliphatic rings. The molecule has 2 rings (SSSR count). The Bertz CT molecular complexity index is 322. The number of aromatic nitrogens is 1. The Morgan fingerprint density at radius 2 is 2.07 bits per heavy atom. The van der Waals surface area contributed by atoms with Crippen LogP contribution in [0.4, 0.5) is 0 Å². The lowest BCUT2D eigenvalue weighted by Crippen LogP contribution is -2.41. The number of carbonyl (C=O) groups excluding carboxylic acids is 1. The molecule has 0 unspecified atom stereocenters. The minimum absolute atomic E-state index is 0.0522. The van der Waals surface area contributed by atoms with Crippen LogP contribution in [0.5, 0.6) is 0 Å². The fourth-order valence-electron chi connectivity index (χ4n) is 2.06. The second kappa shape index (κ2) is 4.06. The normalized spacial score (nSPS) is 18.2. The van der Waals surface area contributed by atoms with Crippen LogP contribution in [0, 0.1) is 5.41 Å². The monoisotopic (exact) mass is 207 g/mol. The molecule has 15 heavy (non-hydrogen) atoms. The van der Waals surface area contributed by atoms with Gasteiger partial charge in [-0.3, -0.25) is 14.9 Å². The van der Waals surface area contributed by atoms with Gasteiger partial charge in [0, 0.05) is 18.8 Å². The van der Waals surface area contributed by atoms with E-state index >= 15 is 0 Å². The maximum atomic E-state index is 11.7. The van der Waals surface area contributed by atoms with Gasteiger partial charge in [0.05, 0.1) is 0 Å². The third-order valence-corrected chi connectivity index (χ3v) is 3.24. The number of carbonyl (C=O) groups is 1. The van der Waals surface area contributed by atoms with Crippen molar-refractivity contribution in [2.24, 2.45) is 11.1 Å². The first-order valence-electron chi connectivity index (χ1n) is 5.37. The molecular formula is C11H17N3O. The molecule has 3 N–H and O–H groups in total. The van der Waals surface area contributed by atoms with E-state index in [0.717, 1.165) is 12.8 Å². The molecule has 0 atom stereocenters. The molecule has 0 saturated heterocycles. The van der Waals surface area contributed by atoms with Crippen LogP contribution in [0.1, 0.15) is 25.7 Å². The topological polar surface area (TPSA) is 60.1 Å². The molecule has 1 aromatic rings. The van der Waals surface area contributed by atoms with Crippen LogP contribution >= 0.6 is 0 Å². The maximum absolute atomic E-state index is 11.7. The predicted octanol–water partition coefficient (Wildman–Crippen LogP) is 1.08. The second-order valence-corrected chi connectivity index (χ2v) is 4.36. The summed E-state index contributed by atoms with van der Waals surface area (Å²) in [5.41, 5.74) is 8.59. The number of nitrogens with one attached hydrogen (secondary N) is 1. The Balaban J connectivity index is 1.87. The van der Waals surface area contributed by atoms with Crippen LogP contribution in [0.3, 0.4) is 0 Å². The van der Waals surface area contributed by atoms with Crippen LogP contribution in [0.2, 0.25) is 0 Å². The summed E-state index contributed by atoms with van der Waals surface area (Å²) >= 11 is 0. The second-order valence-electron chi connectivity index (χ2n) is 4.36. The Hall–Kier alpha value is -1.29. The highest BCUT2D eigenvalue weighted by Gasteiger charge is 2.37. The summed E-state index contributed by atoms with van der Waals surface area (Å²) in [5.74, 6) is 0.0522. The average molecular weight is 207 g/mol. The summed E-state index contributed by atoms with van der Waals surface area (Å²) in [6.07, 6.45) is 7.54. The third kappa shape index (κ3) is 2.21. The number of hydrogen-bond acceptors (Lipinski definition) is 2. The molecule has 0 spiro atoms. The van der Waals surface area contributed by atoms with Crippen molar-refractivity contribution in [3.8, 4) is 0 Å². The zero-order valence-electron chi connectivity index (χ0n) is 8.78. The first-order chi connectivity index (χ1) is 7.24. The van der Waals surface area contributed by atoms with Crippen molar-refractivity contribution in [3.63, 3.8) is 0 Å². The van der Waals surface area contributed by atoms with E-state index in [1.165, 1.54) is 6.42 Å². The molecule has 0 aliphatic heterocycles. The van der Waals surface area contributed by atoms with Crippen molar-refractivity contribution in [2.75, 3.05) is 12.0 Å². The lowest BCUT2D eigenvalue weighted by atomic mass is 9.66. The van der Waals surface area contributed by atoms with Crippen LogP contribution in [0.25, 0.3) is 0 Å². The van der Waals surface area contributed by atoms with Gasteiger partial charge in [-0.05, 0) is 36.9 Å². The van der Waals surface area contributed by atoms with Gasteiger partial charge in [-0.2, -0.15) is 0 Å². The SMILES string of the molecule is NCC1(CC(=O)Nn2cccc2)CCC1. The van der Waals surface area contributed by atoms with E-state index in [0.29, 0.717) is 13.0 Å². The van der Waals surface area contributed by atoms with E-state index in [1.54, 1.807) is 4.68 Å². The van der Waals surface area contributed by atoms with E-state index in [4.69, 9.17) is 5.73 Å². The van der Waals surface area contributed by atoms with Gasteiger partial charge in [-0.15, -0.1) is 0 Å². The Morgan fingerprint density at radius 3 is 2.53 bits per heavy atom. The summed E-state index contributed by atoms with van der Waals surface area (Å²) in [6, 6.07) is 3.75. The van der Waals surface area contributed by atoms with Gasteiger partial charge in [0.25, 0.3) is 0 Å². The van der Waals surface area contributed by atoms with Gasteiger partial charge in [0.1, 0.15) is 0 Å². The molecule has 1 saturated carbocycles. The summed E-state index contributed by atoms with van der Waals surface area (Å²) in [7, 11) is 0. The molecule has 4 heteroatoms. The first kappa shape index (κ1) is 10.2. The molecule has 82 valence electrons. The van der Waals surface area contributed by atoms with Crippen LogP contribution in [-0.4, -0.2) is 17.1 Å². The van der Waals surface area contributed by atoms with Crippen LogP contribution in [0.15, 0.2) is 24.5 Å². The number of rotatable bonds is 4. The number of nitrogens with zero attached hydrogens (tertiary/aromatic N) is 1. The lowest BCUT2D eigenvalue weighted by molar-refractivity contribution is -0.120. The average Bonchev–Trinajstić information content (AvgIpc) is 2.64. The quantitative estimate of drug-likeness (QED) is 0.776. The Morgan fingerprint density at radius 1 is 1.40 bits per heavy atom. The number of nitrogens with two attached hydrogens (primary N) is 1. The molecule has 1 heterocycles. The molecule has 0 aromatic carbocycles. The fourth-order valence-corrected chi connectivity index (χ4v) is 2.06. The van der Waals surface area contributed by atoms with E-state index in [1.807, 2.05) is 24.5 Å². The summed E-state index contributed by atoms with van der Waals surface area (Å²) < 4.78 is 1.67. The molecule has 0 radical (unpaired) electrons. The molecular weight excluding hydrogens is 190 g/mol. The molecule has 1 fully saturated rings. The van der Waals surface area contributed by atoms with Crippen molar-refractivity contribution >= 4 is 5.91 Å². The fraction of sp³-hybridized carbons (Fsp3) is 0.545. The van der Waals surface area contributed by atoms with Gasteiger partial charge in [0.15, 0.2) is 0 Å². The summed E-state index contributed by atoms with van der Waals surface area (Å²) in [5, 5.41) is 0. The summed E-state index contributed by atoms with van der Waals surface area (Å²) in [6.45, 7) is 0.617. The van der Waals surface area contributed by atoms with Gasteiger partial charge >= 0.3 is 0 Å². The van der Waals surface area contributed by atoms with Crippen molar-refractivity contribution in [1.82, 2.24) is 4.68 Å². The van der Waals surface area contributed by atoms with Crippen molar-refractivity contribution in [2.45, 2.75) is 25.7 Å². The zero-order chi connectivity index (χ0) is 10.7. The zero-order valence-corrected chi connectivity index (χ0v) is 8.78. The Labute approximate surface area is 89.4 Å². The smallest absolute Gasteiger partial charge is 0.239 e. The highest BCUT2D eigenvalue weighted by molar-refractivity contribution is 5.84. The maximum Gasteiger partial charge on any atom is 0.239 e. The minimum Gasteiger partial charge on any atom is -0.330 e. The predicted molar refractivity (Wildman–Crippen MR) is 58.8 cm³/mol. The largest absolute Gasteiger partial charge is 0.330 e. The van der Waals surface area contributed by atoms with E-state index in [-0.39, 0.29) is 11.3 Å². The van der Waals surface area contributed by atoms with Crippen molar-refractivity contribution in [1.29, 1.82) is 0 Å². The number of hydrogen-bond donors (Lipinski definition) is 2.